The van der Waals surface area contributed by atoms with E-state index >= 15 is 0 Å². The summed E-state index contributed by atoms with van der Waals surface area (Å²) in [6.07, 6.45) is 0.954. The van der Waals surface area contributed by atoms with E-state index in [9.17, 15) is 4.79 Å². The lowest BCUT2D eigenvalue weighted by molar-refractivity contribution is -0.375. The van der Waals surface area contributed by atoms with Crippen LogP contribution in [-0.4, -0.2) is 52.5 Å². The molecule has 0 spiro atoms. The van der Waals surface area contributed by atoms with Gasteiger partial charge in [-0.3, -0.25) is 0 Å². The van der Waals surface area contributed by atoms with Crippen LogP contribution in [0.3, 0.4) is 0 Å². The summed E-state index contributed by atoms with van der Waals surface area (Å²) in [5.74, 6) is -0.991. The lowest BCUT2D eigenvalue weighted by Gasteiger charge is -2.70. The second kappa shape index (κ2) is 8.48. The van der Waals surface area contributed by atoms with Gasteiger partial charge in [0.15, 0.2) is 20.4 Å². The summed E-state index contributed by atoms with van der Waals surface area (Å²) in [6, 6.07) is 9.20. The second-order valence-corrected chi connectivity index (χ2v) is 23.8. The summed E-state index contributed by atoms with van der Waals surface area (Å²) in [6.45, 7) is 22.9. The van der Waals surface area contributed by atoms with E-state index in [0.717, 1.165) is 6.42 Å². The highest BCUT2D eigenvalue weighted by molar-refractivity contribution is 6.77. The van der Waals surface area contributed by atoms with Crippen LogP contribution in [-0.2, 0) is 23.1 Å². The minimum Gasteiger partial charge on any atom is -0.461 e. The predicted molar refractivity (Wildman–Crippen MR) is 148 cm³/mol. The first kappa shape index (κ1) is 27.5. The quantitative estimate of drug-likeness (QED) is 0.236. The van der Waals surface area contributed by atoms with Crippen LogP contribution in [0.25, 0.3) is 0 Å². The topological polar surface area (TPSA) is 63.2 Å². The Balaban J connectivity index is 1.55. The lowest BCUT2D eigenvalue weighted by Crippen LogP contribution is -2.82. The van der Waals surface area contributed by atoms with E-state index in [1.54, 1.807) is 12.1 Å². The molecule has 6 bridgehead atoms. The molecule has 6 aliphatic rings. The molecule has 6 fully saturated rings. The third-order valence-electron chi connectivity index (χ3n) is 9.92. The molecule has 3 heterocycles. The fourth-order valence-electron chi connectivity index (χ4n) is 8.75. The number of carbonyl (C=O) groups is 1. The van der Waals surface area contributed by atoms with Crippen LogP contribution in [0.15, 0.2) is 30.3 Å². The molecule has 8 heteroatoms. The van der Waals surface area contributed by atoms with Crippen molar-refractivity contribution in [3.8, 4) is 0 Å². The van der Waals surface area contributed by atoms with Gasteiger partial charge in [-0.2, -0.15) is 0 Å². The van der Waals surface area contributed by atoms with Crippen LogP contribution in [0.2, 0.25) is 36.3 Å². The molecular formula is C29H46O6Si2. The third-order valence-corrected chi connectivity index (χ3v) is 17.0. The number of benzene rings is 1. The Kier molecular flexibility index (Phi) is 6.31. The first-order chi connectivity index (χ1) is 17.1. The molecule has 37 heavy (non-hydrogen) atoms. The Morgan fingerprint density at radius 1 is 0.973 bits per heavy atom. The zero-order valence-corrected chi connectivity index (χ0v) is 26.3. The van der Waals surface area contributed by atoms with Gasteiger partial charge >= 0.3 is 5.97 Å². The van der Waals surface area contributed by atoms with E-state index in [4.69, 9.17) is 23.1 Å². The van der Waals surface area contributed by atoms with Crippen molar-refractivity contribution in [2.75, 3.05) is 6.61 Å². The molecule has 6 nitrogen and oxygen atoms in total. The van der Waals surface area contributed by atoms with Gasteiger partial charge in [0.1, 0.15) is 12.2 Å². The Hall–Kier alpha value is -1.04. The Morgan fingerprint density at radius 3 is 2.11 bits per heavy atom. The fourth-order valence-corrected chi connectivity index (χ4v) is 15.9. The maximum atomic E-state index is 13.1. The molecule has 3 saturated heterocycles. The highest BCUT2D eigenvalue weighted by Crippen LogP contribution is 2.83. The number of carbonyl (C=O) groups excluding carboxylic acids is 1. The van der Waals surface area contributed by atoms with Crippen molar-refractivity contribution in [1.29, 1.82) is 0 Å². The van der Waals surface area contributed by atoms with Crippen LogP contribution < -0.4 is 0 Å². The highest BCUT2D eigenvalue weighted by atomic mass is 28.4. The van der Waals surface area contributed by atoms with E-state index in [1.165, 1.54) is 0 Å². The van der Waals surface area contributed by atoms with Crippen molar-refractivity contribution in [1.82, 2.24) is 0 Å². The number of hydrogen-bond donors (Lipinski definition) is 0. The summed E-state index contributed by atoms with van der Waals surface area (Å²) in [5.41, 5.74) is 0.183. The van der Waals surface area contributed by atoms with Crippen LogP contribution in [0, 0.1) is 11.3 Å². The van der Waals surface area contributed by atoms with Crippen LogP contribution in [0.5, 0.6) is 0 Å². The van der Waals surface area contributed by atoms with E-state index < -0.39 is 45.3 Å². The number of ether oxygens (including phenoxy) is 3. The number of esters is 1. The molecule has 3 saturated carbocycles. The van der Waals surface area contributed by atoms with E-state index in [1.807, 2.05) is 18.2 Å². The largest absolute Gasteiger partial charge is 0.461 e. The molecule has 6 unspecified atom stereocenters. The molecule has 0 radical (unpaired) electrons. The molecule has 1 aromatic carbocycles. The Morgan fingerprint density at radius 2 is 1.57 bits per heavy atom. The number of hydrogen-bond acceptors (Lipinski definition) is 6. The summed E-state index contributed by atoms with van der Waals surface area (Å²) >= 11 is 0. The van der Waals surface area contributed by atoms with Crippen molar-refractivity contribution in [2.45, 2.75) is 121 Å². The predicted octanol–water partition coefficient (Wildman–Crippen LogP) is 6.88. The first-order valence-corrected chi connectivity index (χ1v) is 19.6. The molecule has 6 atom stereocenters. The van der Waals surface area contributed by atoms with Crippen LogP contribution >= 0.6 is 0 Å². The average molecular weight is 547 g/mol. The molecule has 0 aromatic heterocycles. The fraction of sp³-hybridized carbons (Fsp3) is 0.759. The normalized spacial score (nSPS) is 38.1. The zero-order chi connectivity index (χ0) is 27.2. The third kappa shape index (κ3) is 3.52. The molecule has 0 N–H and O–H groups in total. The van der Waals surface area contributed by atoms with Gasteiger partial charge in [0.05, 0.1) is 16.6 Å². The number of rotatable bonds is 10. The van der Waals surface area contributed by atoms with Crippen molar-refractivity contribution < 1.29 is 27.9 Å². The van der Waals surface area contributed by atoms with Gasteiger partial charge in [-0.15, -0.1) is 0 Å². The smallest absolute Gasteiger partial charge is 0.338 e. The van der Waals surface area contributed by atoms with E-state index in [0.29, 0.717) is 28.6 Å². The van der Waals surface area contributed by atoms with Gasteiger partial charge in [-0.05, 0) is 61.7 Å². The van der Waals surface area contributed by atoms with Gasteiger partial charge in [0, 0.05) is 12.3 Å². The standard InChI is InChI=1S/C29H46O6Si2/c1-19(2)37(20(3)4,21(5)6)34-28-17-26(7)29(35-36(8,9)10)16-23(28)27(29,25(32-26)33-28)18-31-24(30)22-14-12-11-13-15-22/h11-15,19-21,23,25H,16-18H2,1-10H3. The summed E-state index contributed by atoms with van der Waals surface area (Å²) in [4.78, 5) is 13.1. The molecule has 3 aliphatic carbocycles. The van der Waals surface area contributed by atoms with Crippen molar-refractivity contribution in [2.24, 2.45) is 11.3 Å². The highest BCUT2D eigenvalue weighted by Gasteiger charge is 2.95. The minimum absolute atomic E-state index is 0.0589. The molecule has 7 rings (SSSR count). The van der Waals surface area contributed by atoms with Gasteiger partial charge in [0.25, 0.3) is 0 Å². The maximum Gasteiger partial charge on any atom is 0.338 e. The van der Waals surface area contributed by atoms with Gasteiger partial charge in [-0.25, -0.2) is 4.79 Å². The molecular weight excluding hydrogens is 500 g/mol. The molecule has 1 aromatic rings. The summed E-state index contributed by atoms with van der Waals surface area (Å²) in [7, 11) is -4.24. The molecule has 3 aliphatic heterocycles. The van der Waals surface area contributed by atoms with Crippen molar-refractivity contribution in [3.63, 3.8) is 0 Å². The monoisotopic (exact) mass is 546 g/mol. The Labute approximate surface area is 225 Å². The van der Waals surface area contributed by atoms with Gasteiger partial charge in [0.2, 0.25) is 8.32 Å². The van der Waals surface area contributed by atoms with Gasteiger partial charge < -0.3 is 23.1 Å². The zero-order valence-electron chi connectivity index (χ0n) is 24.3. The molecule has 206 valence electrons. The second-order valence-electron chi connectivity index (χ2n) is 14.0. The average Bonchev–Trinajstić information content (AvgIpc) is 2.99. The lowest BCUT2D eigenvalue weighted by atomic mass is 9.41. The van der Waals surface area contributed by atoms with Crippen molar-refractivity contribution >= 4 is 22.6 Å². The van der Waals surface area contributed by atoms with E-state index in [2.05, 4.69) is 68.1 Å². The van der Waals surface area contributed by atoms with Gasteiger partial charge in [-0.1, -0.05) is 59.7 Å². The molecule has 0 amide bonds. The Bertz CT molecular complexity index is 1030. The minimum atomic E-state index is -2.26. The first-order valence-electron chi connectivity index (χ1n) is 14.1. The summed E-state index contributed by atoms with van der Waals surface area (Å²) < 4.78 is 34.3. The SMILES string of the molecule is CC(C)[Si](OC12CC3(C)OC(O1)C1(COC(=O)c4ccccc4)C2CC31O[Si](C)(C)C)(C(C)C)C(C)C. The maximum absolute atomic E-state index is 13.1. The van der Waals surface area contributed by atoms with Crippen LogP contribution in [0.1, 0.15) is 71.7 Å². The van der Waals surface area contributed by atoms with E-state index in [-0.39, 0.29) is 18.5 Å². The van der Waals surface area contributed by atoms with Crippen LogP contribution in [0.4, 0.5) is 0 Å². The van der Waals surface area contributed by atoms with Crippen molar-refractivity contribution in [3.05, 3.63) is 35.9 Å². The summed E-state index contributed by atoms with van der Waals surface area (Å²) in [5, 5.41) is 0.